The van der Waals surface area contributed by atoms with Crippen LogP contribution in [0.4, 0.5) is 5.69 Å². The molecule has 0 bridgehead atoms. The number of aromatic nitrogens is 5. The third-order valence-electron chi connectivity index (χ3n) is 2.18. The summed E-state index contributed by atoms with van der Waals surface area (Å²) < 4.78 is 1.62. The molecule has 0 atom stereocenters. The van der Waals surface area contributed by atoms with Crippen LogP contribution in [0.1, 0.15) is 16.3 Å². The molecular formula is C9H13N7O. The summed E-state index contributed by atoms with van der Waals surface area (Å²) >= 11 is 0. The van der Waals surface area contributed by atoms with Gasteiger partial charge in [-0.2, -0.15) is 10.2 Å². The molecule has 8 heteroatoms. The molecule has 2 heterocycles. The minimum atomic E-state index is -0.282. The predicted molar refractivity (Wildman–Crippen MR) is 60.0 cm³/mol. The van der Waals surface area contributed by atoms with E-state index in [1.165, 1.54) is 6.20 Å². The number of aryl methyl sites for hydroxylation is 1. The first-order chi connectivity index (χ1) is 8.16. The zero-order chi connectivity index (χ0) is 12.3. The maximum absolute atomic E-state index is 11.6. The van der Waals surface area contributed by atoms with Crippen LogP contribution >= 0.6 is 0 Å². The largest absolute Gasteiger partial charge is 0.396 e. The number of nitrogen functional groups attached to an aromatic ring is 1. The first-order valence-corrected chi connectivity index (χ1v) is 5.08. The molecule has 0 aliphatic carbocycles. The van der Waals surface area contributed by atoms with Crippen molar-refractivity contribution in [2.75, 3.05) is 12.3 Å². The van der Waals surface area contributed by atoms with Crippen LogP contribution in [-0.4, -0.2) is 37.4 Å². The van der Waals surface area contributed by atoms with E-state index in [-0.39, 0.29) is 11.6 Å². The normalized spacial score (nSPS) is 10.4. The molecule has 0 saturated carbocycles. The van der Waals surface area contributed by atoms with E-state index in [1.807, 2.05) is 0 Å². The number of carbonyl (C=O) groups excluding carboxylic acids is 1. The van der Waals surface area contributed by atoms with Crippen LogP contribution in [0.3, 0.4) is 0 Å². The highest BCUT2D eigenvalue weighted by molar-refractivity contribution is 5.96. The predicted octanol–water partition coefficient (Wildman–Crippen LogP) is -0.907. The molecule has 90 valence electrons. The summed E-state index contributed by atoms with van der Waals surface area (Å²) in [4.78, 5) is 15.7. The van der Waals surface area contributed by atoms with Crippen LogP contribution in [0.25, 0.3) is 0 Å². The van der Waals surface area contributed by atoms with Gasteiger partial charge in [-0.15, -0.1) is 0 Å². The molecule has 0 aromatic carbocycles. The maximum atomic E-state index is 11.6. The van der Waals surface area contributed by atoms with Crippen LogP contribution < -0.4 is 11.1 Å². The fraction of sp³-hybridized carbons (Fsp3) is 0.333. The molecule has 0 aliphatic rings. The number of nitrogens with zero attached hydrogens (tertiary/aromatic N) is 4. The van der Waals surface area contributed by atoms with E-state index in [4.69, 9.17) is 5.73 Å². The van der Waals surface area contributed by atoms with Gasteiger partial charge < -0.3 is 11.1 Å². The molecule has 0 saturated heterocycles. The Kier molecular flexibility index (Phi) is 3.03. The topological polar surface area (TPSA) is 115 Å². The third-order valence-corrected chi connectivity index (χ3v) is 2.18. The third kappa shape index (κ3) is 2.60. The lowest BCUT2D eigenvalue weighted by Gasteiger charge is -2.01. The Bertz CT molecular complexity index is 515. The molecule has 4 N–H and O–H groups in total. The minimum Gasteiger partial charge on any atom is -0.396 e. The van der Waals surface area contributed by atoms with E-state index in [9.17, 15) is 4.79 Å². The standard InChI is InChI=1S/C9H13N7O/c1-16-5-12-7(15-16)2-3-11-9(17)8-6(10)4-13-14-8/h4-5H,2-3,10H2,1H3,(H,11,17)(H,13,14). The Labute approximate surface area is 97.2 Å². The monoisotopic (exact) mass is 235 g/mol. The SMILES string of the molecule is Cn1cnc(CCNC(=O)c2[nH]ncc2N)n1. The number of amides is 1. The van der Waals surface area contributed by atoms with E-state index < -0.39 is 0 Å². The van der Waals surface area contributed by atoms with Gasteiger partial charge in [0.05, 0.1) is 11.9 Å². The van der Waals surface area contributed by atoms with Crippen molar-refractivity contribution in [3.05, 3.63) is 24.0 Å². The smallest absolute Gasteiger partial charge is 0.271 e. The molecule has 17 heavy (non-hydrogen) atoms. The van der Waals surface area contributed by atoms with Gasteiger partial charge in [0.15, 0.2) is 5.82 Å². The van der Waals surface area contributed by atoms with Crippen LogP contribution in [0.15, 0.2) is 12.5 Å². The van der Waals surface area contributed by atoms with Crippen molar-refractivity contribution in [1.29, 1.82) is 0 Å². The minimum absolute atomic E-state index is 0.277. The van der Waals surface area contributed by atoms with Crippen LogP contribution in [0.5, 0.6) is 0 Å². The van der Waals surface area contributed by atoms with Gasteiger partial charge >= 0.3 is 0 Å². The highest BCUT2D eigenvalue weighted by Crippen LogP contribution is 2.04. The van der Waals surface area contributed by atoms with E-state index in [0.29, 0.717) is 24.5 Å². The molecule has 0 radical (unpaired) electrons. The molecule has 0 aliphatic heterocycles. The first kappa shape index (κ1) is 11.1. The zero-order valence-electron chi connectivity index (χ0n) is 9.34. The van der Waals surface area contributed by atoms with Crippen molar-refractivity contribution in [3.63, 3.8) is 0 Å². The van der Waals surface area contributed by atoms with E-state index in [2.05, 4.69) is 25.6 Å². The lowest BCUT2D eigenvalue weighted by molar-refractivity contribution is 0.0950. The number of aromatic amines is 1. The molecule has 0 unspecified atom stereocenters. The summed E-state index contributed by atoms with van der Waals surface area (Å²) in [6.07, 6.45) is 3.58. The quantitative estimate of drug-likeness (QED) is 0.635. The fourth-order valence-electron chi connectivity index (χ4n) is 1.35. The molecule has 2 aromatic rings. The van der Waals surface area contributed by atoms with Crippen molar-refractivity contribution in [3.8, 4) is 0 Å². The lowest BCUT2D eigenvalue weighted by atomic mass is 10.3. The average Bonchev–Trinajstić information content (AvgIpc) is 2.87. The number of rotatable bonds is 4. The number of hydrogen-bond donors (Lipinski definition) is 3. The van der Waals surface area contributed by atoms with Gasteiger partial charge in [-0.3, -0.25) is 14.6 Å². The molecule has 0 spiro atoms. The molecule has 0 fully saturated rings. The number of carbonyl (C=O) groups is 1. The van der Waals surface area contributed by atoms with Crippen molar-refractivity contribution < 1.29 is 4.79 Å². The number of nitrogens with two attached hydrogens (primary N) is 1. The first-order valence-electron chi connectivity index (χ1n) is 5.08. The Hall–Kier alpha value is -2.38. The zero-order valence-corrected chi connectivity index (χ0v) is 9.34. The number of H-pyrrole nitrogens is 1. The average molecular weight is 235 g/mol. The van der Waals surface area contributed by atoms with Gasteiger partial charge in [0.25, 0.3) is 5.91 Å². The number of anilines is 1. The van der Waals surface area contributed by atoms with E-state index in [0.717, 1.165) is 0 Å². The second kappa shape index (κ2) is 4.64. The Balaban J connectivity index is 1.83. The summed E-state index contributed by atoms with van der Waals surface area (Å²) in [6.45, 7) is 0.446. The Morgan fingerprint density at radius 1 is 1.65 bits per heavy atom. The van der Waals surface area contributed by atoms with Crippen molar-refractivity contribution in [1.82, 2.24) is 30.3 Å². The van der Waals surface area contributed by atoms with Crippen LogP contribution in [0, 0.1) is 0 Å². The molecular weight excluding hydrogens is 222 g/mol. The van der Waals surface area contributed by atoms with Crippen molar-refractivity contribution in [2.24, 2.45) is 7.05 Å². The van der Waals surface area contributed by atoms with Gasteiger partial charge in [-0.05, 0) is 0 Å². The maximum Gasteiger partial charge on any atom is 0.271 e. The highest BCUT2D eigenvalue weighted by atomic mass is 16.1. The number of hydrogen-bond acceptors (Lipinski definition) is 5. The molecule has 2 aromatic heterocycles. The Morgan fingerprint density at radius 2 is 2.47 bits per heavy atom. The summed E-state index contributed by atoms with van der Waals surface area (Å²) in [5.41, 5.74) is 6.15. The van der Waals surface area contributed by atoms with Gasteiger partial charge in [0.2, 0.25) is 0 Å². The highest BCUT2D eigenvalue weighted by Gasteiger charge is 2.10. The second-order valence-electron chi connectivity index (χ2n) is 3.54. The Morgan fingerprint density at radius 3 is 3.06 bits per heavy atom. The van der Waals surface area contributed by atoms with E-state index >= 15 is 0 Å². The van der Waals surface area contributed by atoms with E-state index in [1.54, 1.807) is 18.1 Å². The van der Waals surface area contributed by atoms with Crippen molar-refractivity contribution in [2.45, 2.75) is 6.42 Å². The summed E-state index contributed by atoms with van der Waals surface area (Å²) in [7, 11) is 1.79. The van der Waals surface area contributed by atoms with Crippen LogP contribution in [0.2, 0.25) is 0 Å². The molecule has 2 rings (SSSR count). The number of nitrogens with one attached hydrogen (secondary N) is 2. The van der Waals surface area contributed by atoms with Gasteiger partial charge in [-0.25, -0.2) is 4.98 Å². The summed E-state index contributed by atoms with van der Waals surface area (Å²) in [5, 5.41) is 13.0. The summed E-state index contributed by atoms with van der Waals surface area (Å²) in [6, 6.07) is 0. The lowest BCUT2D eigenvalue weighted by Crippen LogP contribution is -2.27. The van der Waals surface area contributed by atoms with Gasteiger partial charge in [-0.1, -0.05) is 0 Å². The van der Waals surface area contributed by atoms with Gasteiger partial charge in [0.1, 0.15) is 12.0 Å². The summed E-state index contributed by atoms with van der Waals surface area (Å²) in [5.74, 6) is 0.404. The van der Waals surface area contributed by atoms with Crippen molar-refractivity contribution >= 4 is 11.6 Å². The molecule has 1 amide bonds. The second-order valence-corrected chi connectivity index (χ2v) is 3.54. The molecule has 8 nitrogen and oxygen atoms in total. The van der Waals surface area contributed by atoms with Gasteiger partial charge in [0, 0.05) is 20.0 Å². The fourth-order valence-corrected chi connectivity index (χ4v) is 1.35. The van der Waals surface area contributed by atoms with Crippen LogP contribution in [-0.2, 0) is 13.5 Å².